The lowest BCUT2D eigenvalue weighted by Crippen LogP contribution is -2.43. The van der Waals surface area contributed by atoms with Crippen LogP contribution in [0.2, 0.25) is 0 Å². The number of amides is 1. The molecule has 0 aromatic carbocycles. The van der Waals surface area contributed by atoms with E-state index >= 15 is 0 Å². The molecule has 6 heteroatoms. The van der Waals surface area contributed by atoms with Crippen molar-refractivity contribution in [1.82, 2.24) is 15.2 Å². The molecule has 1 amide bonds. The van der Waals surface area contributed by atoms with Gasteiger partial charge in [0.15, 0.2) is 5.76 Å². The van der Waals surface area contributed by atoms with Crippen LogP contribution in [0.4, 0.5) is 0 Å². The van der Waals surface area contributed by atoms with Crippen LogP contribution in [0.15, 0.2) is 47.3 Å². The van der Waals surface area contributed by atoms with Crippen LogP contribution >= 0.6 is 0 Å². The predicted octanol–water partition coefficient (Wildman–Crippen LogP) is 1.94. The first-order valence-electron chi connectivity index (χ1n) is 8.84. The number of ether oxygens (including phenoxy) is 1. The number of nitrogens with one attached hydrogen (secondary N) is 1. The number of fused-ring (bicyclic) bond motifs is 1. The molecule has 1 N–H and O–H groups in total. The van der Waals surface area contributed by atoms with Gasteiger partial charge in [-0.2, -0.15) is 0 Å². The van der Waals surface area contributed by atoms with Crippen LogP contribution < -0.4 is 5.32 Å². The van der Waals surface area contributed by atoms with Crippen molar-refractivity contribution in [3.63, 3.8) is 0 Å². The van der Waals surface area contributed by atoms with Crippen LogP contribution in [0.5, 0.6) is 0 Å². The first-order chi connectivity index (χ1) is 12.3. The zero-order chi connectivity index (χ0) is 17.1. The van der Waals surface area contributed by atoms with E-state index in [9.17, 15) is 4.79 Å². The SMILES string of the molecule is O=C(NC[C@@H]1OC[C@H]2CN(Cc3cccnc3)CC[C@H]21)c1ccco1. The van der Waals surface area contributed by atoms with E-state index in [1.54, 1.807) is 12.1 Å². The molecule has 132 valence electrons. The molecule has 25 heavy (non-hydrogen) atoms. The lowest BCUT2D eigenvalue weighted by atomic mass is 9.84. The molecule has 4 heterocycles. The number of hydrogen-bond acceptors (Lipinski definition) is 5. The van der Waals surface area contributed by atoms with Crippen LogP contribution in [-0.4, -0.2) is 48.1 Å². The lowest BCUT2D eigenvalue weighted by Gasteiger charge is -2.35. The topological polar surface area (TPSA) is 67.6 Å². The van der Waals surface area contributed by atoms with Crippen molar-refractivity contribution in [1.29, 1.82) is 0 Å². The summed E-state index contributed by atoms with van der Waals surface area (Å²) in [6.07, 6.45) is 6.46. The minimum atomic E-state index is -0.175. The summed E-state index contributed by atoms with van der Waals surface area (Å²) in [6.45, 7) is 4.36. The number of carbonyl (C=O) groups excluding carboxylic acids is 1. The van der Waals surface area contributed by atoms with Gasteiger partial charge in [0.2, 0.25) is 0 Å². The Morgan fingerprint density at radius 3 is 3.12 bits per heavy atom. The minimum absolute atomic E-state index is 0.101. The Labute approximate surface area is 147 Å². The fourth-order valence-corrected chi connectivity index (χ4v) is 3.95. The first-order valence-corrected chi connectivity index (χ1v) is 8.84. The number of hydrogen-bond donors (Lipinski definition) is 1. The third kappa shape index (κ3) is 3.75. The molecular formula is C19H23N3O3. The lowest BCUT2D eigenvalue weighted by molar-refractivity contribution is 0.0729. The molecule has 3 atom stereocenters. The highest BCUT2D eigenvalue weighted by Gasteiger charge is 2.40. The molecule has 0 bridgehead atoms. The van der Waals surface area contributed by atoms with E-state index in [1.165, 1.54) is 11.8 Å². The maximum atomic E-state index is 12.0. The summed E-state index contributed by atoms with van der Waals surface area (Å²) in [7, 11) is 0. The Balaban J connectivity index is 1.28. The second-order valence-electron chi connectivity index (χ2n) is 6.87. The first kappa shape index (κ1) is 16.3. The summed E-state index contributed by atoms with van der Waals surface area (Å²) in [5.74, 6) is 1.23. The van der Waals surface area contributed by atoms with E-state index in [0.717, 1.165) is 32.7 Å². The standard InChI is InChI=1S/C19H23N3O3/c23-19(17-4-2-8-24-17)21-10-18-16-5-7-22(12-15(16)13-25-18)11-14-3-1-6-20-9-14/h1-4,6,8-9,15-16,18H,5,7,10-13H2,(H,21,23)/t15-,16-,18+/m1/s1. The smallest absolute Gasteiger partial charge is 0.287 e. The highest BCUT2D eigenvalue weighted by Crippen LogP contribution is 2.34. The van der Waals surface area contributed by atoms with Crippen LogP contribution in [0, 0.1) is 11.8 Å². The van der Waals surface area contributed by atoms with Gasteiger partial charge in [-0.05, 0) is 42.6 Å². The van der Waals surface area contributed by atoms with Crippen LogP contribution in [0.3, 0.4) is 0 Å². The van der Waals surface area contributed by atoms with Gasteiger partial charge in [0, 0.05) is 37.9 Å². The highest BCUT2D eigenvalue weighted by molar-refractivity contribution is 5.91. The summed E-state index contributed by atoms with van der Waals surface area (Å²) in [4.78, 5) is 18.7. The third-order valence-corrected chi connectivity index (χ3v) is 5.22. The Morgan fingerprint density at radius 1 is 1.36 bits per heavy atom. The zero-order valence-electron chi connectivity index (χ0n) is 14.1. The second-order valence-corrected chi connectivity index (χ2v) is 6.87. The molecule has 2 aromatic rings. The molecule has 2 aromatic heterocycles. The van der Waals surface area contributed by atoms with E-state index in [0.29, 0.717) is 24.1 Å². The molecule has 0 aliphatic carbocycles. The van der Waals surface area contributed by atoms with Crippen molar-refractivity contribution in [3.05, 3.63) is 54.2 Å². The van der Waals surface area contributed by atoms with E-state index < -0.39 is 0 Å². The predicted molar refractivity (Wildman–Crippen MR) is 91.9 cm³/mol. The Morgan fingerprint density at radius 2 is 2.32 bits per heavy atom. The Hall–Kier alpha value is -2.18. The molecule has 2 saturated heterocycles. The maximum absolute atomic E-state index is 12.0. The van der Waals surface area contributed by atoms with E-state index in [4.69, 9.17) is 9.15 Å². The molecule has 4 rings (SSSR count). The number of furan rings is 1. The summed E-state index contributed by atoms with van der Waals surface area (Å²) in [5, 5.41) is 2.93. The average molecular weight is 341 g/mol. The van der Waals surface area contributed by atoms with Gasteiger partial charge in [-0.25, -0.2) is 0 Å². The van der Waals surface area contributed by atoms with Crippen LogP contribution in [0.25, 0.3) is 0 Å². The number of rotatable bonds is 5. The normalized spacial score (nSPS) is 26.3. The fourth-order valence-electron chi connectivity index (χ4n) is 3.95. The number of piperidine rings is 1. The molecule has 2 aliphatic rings. The molecule has 0 radical (unpaired) electrons. The molecule has 2 aliphatic heterocycles. The molecule has 6 nitrogen and oxygen atoms in total. The fraction of sp³-hybridized carbons (Fsp3) is 0.474. The number of carbonyl (C=O) groups is 1. The van der Waals surface area contributed by atoms with Gasteiger partial charge in [0.1, 0.15) is 0 Å². The van der Waals surface area contributed by atoms with E-state index in [1.807, 2.05) is 18.5 Å². The monoisotopic (exact) mass is 341 g/mol. The van der Waals surface area contributed by atoms with Gasteiger partial charge in [-0.15, -0.1) is 0 Å². The van der Waals surface area contributed by atoms with E-state index in [-0.39, 0.29) is 12.0 Å². The maximum Gasteiger partial charge on any atom is 0.287 e. The van der Waals surface area contributed by atoms with Gasteiger partial charge in [0.05, 0.1) is 19.0 Å². The second kappa shape index (κ2) is 7.37. The quantitative estimate of drug-likeness (QED) is 0.900. The third-order valence-electron chi connectivity index (χ3n) is 5.22. The Bertz CT molecular complexity index is 689. The van der Waals surface area contributed by atoms with Gasteiger partial charge in [-0.1, -0.05) is 6.07 Å². The summed E-state index contributed by atoms with van der Waals surface area (Å²) >= 11 is 0. The van der Waals surface area contributed by atoms with Crippen molar-refractivity contribution in [2.45, 2.75) is 19.1 Å². The van der Waals surface area contributed by atoms with Crippen molar-refractivity contribution in [2.24, 2.45) is 11.8 Å². The summed E-state index contributed by atoms with van der Waals surface area (Å²) < 4.78 is 11.1. The molecular weight excluding hydrogens is 318 g/mol. The Kier molecular flexibility index (Phi) is 4.81. The van der Waals surface area contributed by atoms with Crippen molar-refractivity contribution >= 4 is 5.91 Å². The average Bonchev–Trinajstić information content (AvgIpc) is 3.30. The zero-order valence-corrected chi connectivity index (χ0v) is 14.1. The molecule has 2 fully saturated rings. The van der Waals surface area contributed by atoms with Crippen LogP contribution in [-0.2, 0) is 11.3 Å². The van der Waals surface area contributed by atoms with Gasteiger partial charge in [-0.3, -0.25) is 14.7 Å². The largest absolute Gasteiger partial charge is 0.459 e. The van der Waals surface area contributed by atoms with Gasteiger partial charge in [0.25, 0.3) is 5.91 Å². The van der Waals surface area contributed by atoms with Crippen molar-refractivity contribution in [3.8, 4) is 0 Å². The van der Waals surface area contributed by atoms with E-state index in [2.05, 4.69) is 21.3 Å². The number of nitrogens with zero attached hydrogens (tertiary/aromatic N) is 2. The number of pyridine rings is 1. The summed E-state index contributed by atoms with van der Waals surface area (Å²) in [6, 6.07) is 7.50. The number of likely N-dealkylation sites (tertiary alicyclic amines) is 1. The molecule has 0 unspecified atom stereocenters. The highest BCUT2D eigenvalue weighted by atomic mass is 16.5. The molecule has 0 spiro atoms. The van der Waals surface area contributed by atoms with Crippen molar-refractivity contribution in [2.75, 3.05) is 26.2 Å². The van der Waals surface area contributed by atoms with Gasteiger partial charge >= 0.3 is 0 Å². The number of aromatic nitrogens is 1. The van der Waals surface area contributed by atoms with Crippen molar-refractivity contribution < 1.29 is 13.9 Å². The summed E-state index contributed by atoms with van der Waals surface area (Å²) in [5.41, 5.74) is 1.25. The minimum Gasteiger partial charge on any atom is -0.459 e. The van der Waals surface area contributed by atoms with Crippen LogP contribution in [0.1, 0.15) is 22.5 Å². The van der Waals surface area contributed by atoms with Gasteiger partial charge < -0.3 is 14.5 Å². The molecule has 0 saturated carbocycles.